The minimum Gasteiger partial charge on any atom is -0.507 e. The summed E-state index contributed by atoms with van der Waals surface area (Å²) in [6.07, 6.45) is 1.64. The van der Waals surface area contributed by atoms with Gasteiger partial charge in [-0.25, -0.2) is 8.42 Å². The molecule has 1 amide bonds. The molecule has 8 nitrogen and oxygen atoms in total. The molecule has 0 spiro atoms. The van der Waals surface area contributed by atoms with Gasteiger partial charge in [-0.1, -0.05) is 11.3 Å². The number of sulfonamides is 1. The SMILES string of the molecule is O=C(Nc1nncs1)c1cc(S(=O)(=O)N2CCCC2)ccc1O. The fourth-order valence-electron chi connectivity index (χ4n) is 2.33. The third-order valence-corrected chi connectivity index (χ3v) is 6.00. The highest BCUT2D eigenvalue weighted by molar-refractivity contribution is 7.89. The number of amides is 1. The third-order valence-electron chi connectivity index (χ3n) is 3.50. The van der Waals surface area contributed by atoms with Crippen LogP contribution in [-0.2, 0) is 10.0 Å². The summed E-state index contributed by atoms with van der Waals surface area (Å²) in [7, 11) is -3.66. The molecule has 0 saturated carbocycles. The van der Waals surface area contributed by atoms with Crippen molar-refractivity contribution in [3.63, 3.8) is 0 Å². The van der Waals surface area contributed by atoms with Crippen LogP contribution in [0, 0.1) is 0 Å². The molecule has 10 heteroatoms. The molecule has 0 unspecified atom stereocenters. The van der Waals surface area contributed by atoms with Crippen molar-refractivity contribution in [3.05, 3.63) is 29.3 Å². The van der Waals surface area contributed by atoms with E-state index in [9.17, 15) is 18.3 Å². The van der Waals surface area contributed by atoms with Gasteiger partial charge in [0.25, 0.3) is 5.91 Å². The zero-order valence-corrected chi connectivity index (χ0v) is 13.6. The second-order valence-electron chi connectivity index (χ2n) is 4.99. The molecule has 0 radical (unpaired) electrons. The van der Waals surface area contributed by atoms with Gasteiger partial charge in [-0.15, -0.1) is 10.2 Å². The van der Waals surface area contributed by atoms with Crippen LogP contribution in [0.4, 0.5) is 5.13 Å². The van der Waals surface area contributed by atoms with Crippen LogP contribution in [0.25, 0.3) is 0 Å². The summed E-state index contributed by atoms with van der Waals surface area (Å²) < 4.78 is 26.4. The fourth-order valence-corrected chi connectivity index (χ4v) is 4.31. The van der Waals surface area contributed by atoms with E-state index in [1.54, 1.807) is 0 Å². The molecule has 2 N–H and O–H groups in total. The Bertz CT molecular complexity index is 815. The summed E-state index contributed by atoms with van der Waals surface area (Å²) in [5.74, 6) is -0.940. The lowest BCUT2D eigenvalue weighted by Crippen LogP contribution is -2.28. The van der Waals surface area contributed by atoms with Crippen LogP contribution in [0.3, 0.4) is 0 Å². The largest absolute Gasteiger partial charge is 0.507 e. The second kappa shape index (κ2) is 6.22. The lowest BCUT2D eigenvalue weighted by atomic mass is 10.2. The van der Waals surface area contributed by atoms with Gasteiger partial charge in [-0.05, 0) is 31.0 Å². The van der Waals surface area contributed by atoms with E-state index >= 15 is 0 Å². The highest BCUT2D eigenvalue weighted by Crippen LogP contribution is 2.26. The first-order valence-corrected chi connectivity index (χ1v) is 9.21. The fraction of sp³-hybridized carbons (Fsp3) is 0.308. The Kier molecular flexibility index (Phi) is 4.28. The highest BCUT2D eigenvalue weighted by atomic mass is 32.2. The number of aromatic hydroxyl groups is 1. The van der Waals surface area contributed by atoms with Crippen molar-refractivity contribution in [2.45, 2.75) is 17.7 Å². The zero-order valence-electron chi connectivity index (χ0n) is 12.0. The smallest absolute Gasteiger partial charge is 0.261 e. The van der Waals surface area contributed by atoms with Crippen molar-refractivity contribution in [3.8, 4) is 5.75 Å². The van der Waals surface area contributed by atoms with Gasteiger partial charge in [0.2, 0.25) is 15.2 Å². The summed E-state index contributed by atoms with van der Waals surface area (Å²) in [6, 6.07) is 3.68. The molecule has 1 aliphatic heterocycles. The monoisotopic (exact) mass is 354 g/mol. The Hall–Kier alpha value is -2.04. The van der Waals surface area contributed by atoms with Gasteiger partial charge >= 0.3 is 0 Å². The van der Waals surface area contributed by atoms with E-state index in [0.29, 0.717) is 13.1 Å². The topological polar surface area (TPSA) is 112 Å². The molecule has 0 bridgehead atoms. The van der Waals surface area contributed by atoms with Crippen molar-refractivity contribution in [1.29, 1.82) is 0 Å². The quantitative estimate of drug-likeness (QED) is 0.855. The van der Waals surface area contributed by atoms with Gasteiger partial charge in [-0.3, -0.25) is 10.1 Å². The van der Waals surface area contributed by atoms with Gasteiger partial charge in [0.1, 0.15) is 11.3 Å². The Morgan fingerprint density at radius 2 is 2.04 bits per heavy atom. The van der Waals surface area contributed by atoms with Crippen LogP contribution in [0.15, 0.2) is 28.6 Å². The molecule has 1 saturated heterocycles. The number of aromatic nitrogens is 2. The van der Waals surface area contributed by atoms with Crippen molar-refractivity contribution in [2.75, 3.05) is 18.4 Å². The minimum absolute atomic E-state index is 0.0142. The van der Waals surface area contributed by atoms with E-state index in [4.69, 9.17) is 0 Å². The second-order valence-corrected chi connectivity index (χ2v) is 7.76. The van der Waals surface area contributed by atoms with Crippen LogP contribution < -0.4 is 5.32 Å². The molecule has 1 aliphatic rings. The van der Waals surface area contributed by atoms with E-state index in [-0.39, 0.29) is 21.3 Å². The third kappa shape index (κ3) is 3.19. The zero-order chi connectivity index (χ0) is 16.4. The van der Waals surface area contributed by atoms with Crippen LogP contribution >= 0.6 is 11.3 Å². The molecule has 2 heterocycles. The van der Waals surface area contributed by atoms with Gasteiger partial charge in [0.05, 0.1) is 10.5 Å². The number of anilines is 1. The standard InChI is InChI=1S/C13H14N4O4S2/c18-11-4-3-9(23(20,21)17-5-1-2-6-17)7-10(11)12(19)15-13-16-14-8-22-13/h3-4,7-8,18H,1-2,5-6H2,(H,15,16,19). The van der Waals surface area contributed by atoms with Crippen LogP contribution in [0.2, 0.25) is 0 Å². The van der Waals surface area contributed by atoms with Crippen LogP contribution in [0.5, 0.6) is 5.75 Å². The number of carbonyl (C=O) groups is 1. The normalized spacial score (nSPS) is 15.7. The van der Waals surface area contributed by atoms with Gasteiger partial charge < -0.3 is 5.11 Å². The summed E-state index contributed by atoms with van der Waals surface area (Å²) in [5, 5.41) is 19.9. The predicted molar refractivity (Wildman–Crippen MR) is 84.0 cm³/mol. The first-order chi connectivity index (χ1) is 11.0. The molecule has 0 aliphatic carbocycles. The number of hydrogen-bond donors (Lipinski definition) is 2. The van der Waals surface area contributed by atoms with E-state index in [0.717, 1.165) is 24.2 Å². The van der Waals surface area contributed by atoms with Crippen molar-refractivity contribution in [2.24, 2.45) is 0 Å². The maximum absolute atomic E-state index is 12.5. The molecule has 0 atom stereocenters. The molecule has 1 aromatic carbocycles. The molecule has 2 aromatic rings. The molecular weight excluding hydrogens is 340 g/mol. The van der Waals surface area contributed by atoms with E-state index in [1.807, 2.05) is 0 Å². The average Bonchev–Trinajstić information content (AvgIpc) is 3.20. The van der Waals surface area contributed by atoms with Gasteiger partial charge in [0.15, 0.2) is 0 Å². The predicted octanol–water partition coefficient (Wildman–Crippen LogP) is 1.28. The van der Waals surface area contributed by atoms with Crippen LogP contribution in [-0.4, -0.2) is 47.0 Å². The maximum Gasteiger partial charge on any atom is 0.261 e. The van der Waals surface area contributed by atoms with Crippen LogP contribution in [0.1, 0.15) is 23.2 Å². The number of phenolic OH excluding ortho intramolecular Hbond substituents is 1. The number of nitrogens with one attached hydrogen (secondary N) is 1. The Morgan fingerprint density at radius 1 is 1.30 bits per heavy atom. The maximum atomic E-state index is 12.5. The van der Waals surface area contributed by atoms with Crippen molar-refractivity contribution >= 4 is 32.4 Å². The molecule has 1 fully saturated rings. The lowest BCUT2D eigenvalue weighted by Gasteiger charge is -2.16. The number of rotatable bonds is 4. The van der Waals surface area contributed by atoms with Crippen molar-refractivity contribution < 1.29 is 18.3 Å². The molecule has 1 aromatic heterocycles. The Balaban J connectivity index is 1.91. The number of phenols is 1. The van der Waals surface area contributed by atoms with Gasteiger partial charge in [0, 0.05) is 13.1 Å². The highest BCUT2D eigenvalue weighted by Gasteiger charge is 2.28. The minimum atomic E-state index is -3.66. The van der Waals surface area contributed by atoms with E-state index in [1.165, 1.54) is 28.0 Å². The average molecular weight is 354 g/mol. The first kappa shape index (κ1) is 15.8. The molecule has 122 valence electrons. The summed E-state index contributed by atoms with van der Waals surface area (Å²) >= 11 is 1.12. The summed E-state index contributed by atoms with van der Waals surface area (Å²) in [6.45, 7) is 0.936. The summed E-state index contributed by atoms with van der Waals surface area (Å²) in [5.41, 5.74) is 1.32. The molecule has 3 rings (SSSR count). The van der Waals surface area contributed by atoms with E-state index in [2.05, 4.69) is 15.5 Å². The van der Waals surface area contributed by atoms with Crippen molar-refractivity contribution in [1.82, 2.24) is 14.5 Å². The number of hydrogen-bond acceptors (Lipinski definition) is 7. The summed E-state index contributed by atoms with van der Waals surface area (Å²) in [4.78, 5) is 12.2. The molecular formula is C13H14N4O4S2. The Morgan fingerprint density at radius 3 is 2.70 bits per heavy atom. The number of nitrogens with zero attached hydrogens (tertiary/aromatic N) is 3. The molecule has 23 heavy (non-hydrogen) atoms. The Labute approximate surface area is 136 Å². The lowest BCUT2D eigenvalue weighted by molar-refractivity contribution is 0.102. The number of carbonyl (C=O) groups excluding carboxylic acids is 1. The van der Waals surface area contributed by atoms with E-state index < -0.39 is 15.9 Å². The number of benzene rings is 1. The first-order valence-electron chi connectivity index (χ1n) is 6.89. The van der Waals surface area contributed by atoms with Gasteiger partial charge in [-0.2, -0.15) is 4.31 Å².